The van der Waals surface area contributed by atoms with E-state index in [-0.39, 0.29) is 0 Å². The van der Waals surface area contributed by atoms with Crippen molar-refractivity contribution < 1.29 is 13.9 Å². The molecule has 0 spiro atoms. The van der Waals surface area contributed by atoms with Gasteiger partial charge in [-0.1, -0.05) is 11.6 Å². The van der Waals surface area contributed by atoms with E-state index in [9.17, 15) is 4.79 Å². The fourth-order valence-electron chi connectivity index (χ4n) is 1.61. The molecule has 20 heavy (non-hydrogen) atoms. The van der Waals surface area contributed by atoms with Gasteiger partial charge in [0, 0.05) is 4.90 Å². The molecule has 4 nitrogen and oxygen atoms in total. The molecule has 0 saturated heterocycles. The summed E-state index contributed by atoms with van der Waals surface area (Å²) < 4.78 is 10.2. The molecule has 1 heterocycles. The van der Waals surface area contributed by atoms with Crippen LogP contribution >= 0.6 is 23.4 Å². The molecule has 0 saturated carbocycles. The Kier molecular flexibility index (Phi) is 4.73. The minimum absolute atomic E-state index is 0.360. The van der Waals surface area contributed by atoms with Crippen LogP contribution in [0.4, 0.5) is 0 Å². The van der Waals surface area contributed by atoms with E-state index in [2.05, 4.69) is 4.98 Å². The molecule has 1 aromatic heterocycles. The van der Waals surface area contributed by atoms with Gasteiger partial charge in [-0.05, 0) is 32.0 Å². The third-order valence-corrected chi connectivity index (χ3v) is 4.09. The molecule has 0 bridgehead atoms. The van der Waals surface area contributed by atoms with Crippen LogP contribution in [0, 0.1) is 13.8 Å². The number of ether oxygens (including phenoxy) is 1. The van der Waals surface area contributed by atoms with Gasteiger partial charge in [0.15, 0.2) is 0 Å². The van der Waals surface area contributed by atoms with E-state index in [1.807, 2.05) is 19.9 Å². The number of oxazole rings is 1. The predicted molar refractivity (Wildman–Crippen MR) is 78.3 cm³/mol. The molecule has 0 unspecified atom stereocenters. The third kappa shape index (κ3) is 3.35. The lowest BCUT2D eigenvalue weighted by Crippen LogP contribution is -2.02. The van der Waals surface area contributed by atoms with E-state index in [0.29, 0.717) is 22.2 Å². The van der Waals surface area contributed by atoms with Gasteiger partial charge >= 0.3 is 5.97 Å². The monoisotopic (exact) mass is 311 g/mol. The maximum atomic E-state index is 11.6. The first kappa shape index (κ1) is 14.9. The molecule has 0 aliphatic carbocycles. The van der Waals surface area contributed by atoms with Crippen LogP contribution in [0.3, 0.4) is 0 Å². The first-order valence-corrected chi connectivity index (χ1v) is 7.31. The molecule has 0 aliphatic rings. The molecule has 2 aromatic rings. The van der Waals surface area contributed by atoms with Crippen LogP contribution in [-0.4, -0.2) is 18.1 Å². The smallest absolute Gasteiger partial charge is 0.339 e. The zero-order valence-corrected chi connectivity index (χ0v) is 13.0. The van der Waals surface area contributed by atoms with Crippen molar-refractivity contribution in [2.45, 2.75) is 24.5 Å². The number of halogens is 1. The minimum Gasteiger partial charge on any atom is -0.465 e. The van der Waals surface area contributed by atoms with Gasteiger partial charge in [-0.2, -0.15) is 0 Å². The molecule has 0 aliphatic heterocycles. The second-order valence-corrected chi connectivity index (χ2v) is 5.63. The predicted octanol–water partition coefficient (Wildman–Crippen LogP) is 4.02. The number of benzene rings is 1. The molecule has 0 N–H and O–H groups in total. The summed E-state index contributed by atoms with van der Waals surface area (Å²) in [6.07, 6.45) is 0. The maximum absolute atomic E-state index is 11.6. The summed E-state index contributed by atoms with van der Waals surface area (Å²) >= 11 is 7.49. The average Bonchev–Trinajstić information content (AvgIpc) is 2.76. The van der Waals surface area contributed by atoms with Crippen molar-refractivity contribution in [3.05, 3.63) is 46.1 Å². The van der Waals surface area contributed by atoms with E-state index in [0.717, 1.165) is 16.3 Å². The molecule has 6 heteroatoms. The highest BCUT2D eigenvalue weighted by Crippen LogP contribution is 2.27. The number of hydrogen-bond donors (Lipinski definition) is 0. The van der Waals surface area contributed by atoms with Gasteiger partial charge in [-0.3, -0.25) is 0 Å². The van der Waals surface area contributed by atoms with Crippen molar-refractivity contribution >= 4 is 29.3 Å². The number of hydrogen-bond acceptors (Lipinski definition) is 5. The molecule has 2 rings (SSSR count). The number of rotatable bonds is 4. The molecule has 0 amide bonds. The van der Waals surface area contributed by atoms with Gasteiger partial charge in [0.1, 0.15) is 5.76 Å². The lowest BCUT2D eigenvalue weighted by molar-refractivity contribution is 0.0600. The topological polar surface area (TPSA) is 52.3 Å². The van der Waals surface area contributed by atoms with Gasteiger partial charge in [0.05, 0.1) is 29.1 Å². The average molecular weight is 312 g/mol. The Morgan fingerprint density at radius 1 is 1.45 bits per heavy atom. The van der Waals surface area contributed by atoms with E-state index in [1.54, 1.807) is 12.1 Å². The summed E-state index contributed by atoms with van der Waals surface area (Å²) in [4.78, 5) is 16.8. The largest absolute Gasteiger partial charge is 0.465 e. The molecular formula is C14H14ClNO3S. The van der Waals surface area contributed by atoms with Crippen molar-refractivity contribution in [3.63, 3.8) is 0 Å². The quantitative estimate of drug-likeness (QED) is 0.630. The summed E-state index contributed by atoms with van der Waals surface area (Å²) in [5.41, 5.74) is 1.26. The number of carbonyl (C=O) groups is 1. The van der Waals surface area contributed by atoms with Gasteiger partial charge in [-0.25, -0.2) is 9.78 Å². The first-order valence-electron chi connectivity index (χ1n) is 5.95. The third-order valence-electron chi connectivity index (χ3n) is 2.78. The second kappa shape index (κ2) is 6.33. The zero-order chi connectivity index (χ0) is 14.7. The summed E-state index contributed by atoms with van der Waals surface area (Å²) in [7, 11) is 1.33. The highest BCUT2D eigenvalue weighted by Gasteiger charge is 2.12. The molecule has 0 fully saturated rings. The highest BCUT2D eigenvalue weighted by atomic mass is 35.5. The highest BCUT2D eigenvalue weighted by molar-refractivity contribution is 7.98. The van der Waals surface area contributed by atoms with E-state index >= 15 is 0 Å². The Morgan fingerprint density at radius 3 is 2.80 bits per heavy atom. The van der Waals surface area contributed by atoms with Crippen LogP contribution in [0.5, 0.6) is 0 Å². The molecule has 106 valence electrons. The van der Waals surface area contributed by atoms with Crippen molar-refractivity contribution in [1.29, 1.82) is 0 Å². The lowest BCUT2D eigenvalue weighted by atomic mass is 10.2. The Labute approximate surface area is 126 Å². The Hall–Kier alpha value is -1.46. The summed E-state index contributed by atoms with van der Waals surface area (Å²) in [6.45, 7) is 3.79. The van der Waals surface area contributed by atoms with Crippen molar-refractivity contribution in [2.24, 2.45) is 0 Å². The molecule has 1 aromatic carbocycles. The number of thioether (sulfide) groups is 1. The molecule has 0 radical (unpaired) electrons. The summed E-state index contributed by atoms with van der Waals surface area (Å²) in [6, 6.07) is 5.24. The van der Waals surface area contributed by atoms with Gasteiger partial charge < -0.3 is 9.15 Å². The minimum atomic E-state index is -0.444. The van der Waals surface area contributed by atoms with E-state index in [1.165, 1.54) is 18.9 Å². The van der Waals surface area contributed by atoms with Crippen molar-refractivity contribution in [1.82, 2.24) is 4.98 Å². The van der Waals surface area contributed by atoms with Crippen LogP contribution in [0.2, 0.25) is 5.02 Å². The fraction of sp³-hybridized carbons (Fsp3) is 0.286. The number of methoxy groups -OCH3 is 1. The van der Waals surface area contributed by atoms with Crippen LogP contribution in [0.15, 0.2) is 27.5 Å². The van der Waals surface area contributed by atoms with Crippen LogP contribution in [-0.2, 0) is 10.5 Å². The number of esters is 1. The number of nitrogens with zero attached hydrogens (tertiary/aromatic N) is 1. The zero-order valence-electron chi connectivity index (χ0n) is 11.4. The van der Waals surface area contributed by atoms with Crippen LogP contribution in [0.25, 0.3) is 0 Å². The number of carbonyl (C=O) groups excluding carboxylic acids is 1. The molecular weight excluding hydrogens is 298 g/mol. The van der Waals surface area contributed by atoms with Crippen LogP contribution in [0.1, 0.15) is 27.7 Å². The summed E-state index contributed by atoms with van der Waals surface area (Å²) in [5.74, 6) is 1.64. The standard InChI is InChI=1S/C14H14ClNO3S/c1-8-9(2)19-13(16-8)7-20-10-4-5-12(15)11(6-10)14(17)18-3/h4-6H,7H2,1-3H3. The second-order valence-electron chi connectivity index (χ2n) is 4.17. The first-order chi connectivity index (χ1) is 9.51. The Bertz CT molecular complexity index is 620. The van der Waals surface area contributed by atoms with E-state index < -0.39 is 5.97 Å². The van der Waals surface area contributed by atoms with Gasteiger partial charge in [0.25, 0.3) is 0 Å². The van der Waals surface area contributed by atoms with Crippen LogP contribution < -0.4 is 0 Å². The lowest BCUT2D eigenvalue weighted by Gasteiger charge is -2.05. The fourth-order valence-corrected chi connectivity index (χ4v) is 2.58. The van der Waals surface area contributed by atoms with Crippen molar-refractivity contribution in [2.75, 3.05) is 7.11 Å². The SMILES string of the molecule is COC(=O)c1cc(SCc2nc(C)c(C)o2)ccc1Cl. The van der Waals surface area contributed by atoms with E-state index in [4.69, 9.17) is 20.8 Å². The summed E-state index contributed by atoms with van der Waals surface area (Å²) in [5, 5.41) is 0.379. The Balaban J connectivity index is 2.12. The Morgan fingerprint density at radius 2 is 2.20 bits per heavy atom. The normalized spacial score (nSPS) is 10.6. The number of aryl methyl sites for hydroxylation is 2. The van der Waals surface area contributed by atoms with Gasteiger partial charge in [-0.15, -0.1) is 11.8 Å². The maximum Gasteiger partial charge on any atom is 0.339 e. The van der Waals surface area contributed by atoms with Gasteiger partial charge in [0.2, 0.25) is 5.89 Å². The number of aromatic nitrogens is 1. The van der Waals surface area contributed by atoms with Crippen molar-refractivity contribution in [3.8, 4) is 0 Å². The molecule has 0 atom stereocenters.